The predicted octanol–water partition coefficient (Wildman–Crippen LogP) is 12.3. The van der Waals surface area contributed by atoms with Gasteiger partial charge in [0.25, 0.3) is 0 Å². The molecular formula is C47H29N3O. The lowest BCUT2D eigenvalue weighted by Gasteiger charge is -2.22. The monoisotopic (exact) mass is 651 g/mol. The molecule has 0 unspecified atom stereocenters. The predicted molar refractivity (Wildman–Crippen MR) is 208 cm³/mol. The van der Waals surface area contributed by atoms with Gasteiger partial charge >= 0.3 is 0 Å². The molecule has 1 aromatic heterocycles. The van der Waals surface area contributed by atoms with E-state index in [4.69, 9.17) is 19.7 Å². The second-order valence-corrected chi connectivity index (χ2v) is 12.9. The van der Waals surface area contributed by atoms with Crippen LogP contribution in [0.25, 0.3) is 89.1 Å². The molecular weight excluding hydrogens is 623 g/mol. The smallest absolute Gasteiger partial charge is 0.164 e. The molecule has 0 aliphatic carbocycles. The molecule has 10 rings (SSSR count). The maximum absolute atomic E-state index is 6.33. The van der Waals surface area contributed by atoms with Crippen LogP contribution >= 0.6 is 0 Å². The van der Waals surface area contributed by atoms with Gasteiger partial charge in [0.1, 0.15) is 11.5 Å². The zero-order chi connectivity index (χ0) is 33.7. The summed E-state index contributed by atoms with van der Waals surface area (Å²) in [5.41, 5.74) is 9.64. The Morgan fingerprint density at radius 1 is 0.294 bits per heavy atom. The van der Waals surface area contributed by atoms with Crippen LogP contribution in [0, 0.1) is 0 Å². The first kappa shape index (κ1) is 29.0. The molecule has 238 valence electrons. The molecule has 0 radical (unpaired) electrons. The van der Waals surface area contributed by atoms with Crippen molar-refractivity contribution in [3.63, 3.8) is 0 Å². The third kappa shape index (κ3) is 5.22. The van der Waals surface area contributed by atoms with Crippen LogP contribution in [0.1, 0.15) is 0 Å². The summed E-state index contributed by atoms with van der Waals surface area (Å²) in [6.07, 6.45) is 0. The highest BCUT2D eigenvalue weighted by molar-refractivity contribution is 6.04. The van der Waals surface area contributed by atoms with Gasteiger partial charge in [-0.1, -0.05) is 152 Å². The Labute approximate surface area is 295 Å². The van der Waals surface area contributed by atoms with Gasteiger partial charge in [-0.05, 0) is 68.2 Å². The van der Waals surface area contributed by atoms with Crippen LogP contribution in [0.15, 0.2) is 176 Å². The van der Waals surface area contributed by atoms with Crippen molar-refractivity contribution in [3.8, 4) is 79.0 Å². The fourth-order valence-corrected chi connectivity index (χ4v) is 7.09. The Bertz CT molecular complexity index is 2750. The summed E-state index contributed by atoms with van der Waals surface area (Å²) in [6, 6.07) is 61.1. The fraction of sp³-hybridized carbons (Fsp3) is 0. The molecule has 0 atom stereocenters. The minimum atomic E-state index is 0.631. The average molecular weight is 652 g/mol. The summed E-state index contributed by atoms with van der Waals surface area (Å²) in [5.74, 6) is 3.68. The Balaban J connectivity index is 1.00. The van der Waals surface area contributed by atoms with E-state index in [2.05, 4.69) is 133 Å². The van der Waals surface area contributed by atoms with Crippen LogP contribution in [0.2, 0.25) is 0 Å². The van der Waals surface area contributed by atoms with Gasteiger partial charge in [-0.3, -0.25) is 0 Å². The number of hydrogen-bond donors (Lipinski definition) is 0. The molecule has 0 amide bonds. The van der Waals surface area contributed by atoms with Gasteiger partial charge in [0.15, 0.2) is 17.5 Å². The molecule has 4 heteroatoms. The first-order valence-electron chi connectivity index (χ1n) is 17.1. The molecule has 9 aromatic rings. The van der Waals surface area contributed by atoms with E-state index in [1.807, 2.05) is 42.5 Å². The quantitative estimate of drug-likeness (QED) is 0.186. The maximum atomic E-state index is 6.33. The summed E-state index contributed by atoms with van der Waals surface area (Å²) < 4.78 is 6.33. The molecule has 1 aliphatic rings. The van der Waals surface area contributed by atoms with E-state index in [0.29, 0.717) is 17.5 Å². The van der Waals surface area contributed by atoms with Gasteiger partial charge in [-0.2, -0.15) is 0 Å². The number of rotatable bonds is 5. The molecule has 0 saturated heterocycles. The minimum absolute atomic E-state index is 0.631. The molecule has 1 aliphatic heterocycles. The molecule has 0 N–H and O–H groups in total. The second-order valence-electron chi connectivity index (χ2n) is 12.9. The number of aromatic nitrogens is 3. The lowest BCUT2D eigenvalue weighted by atomic mass is 9.92. The molecule has 0 fully saturated rings. The molecule has 0 saturated carbocycles. The summed E-state index contributed by atoms with van der Waals surface area (Å²) in [5, 5.41) is 4.79. The van der Waals surface area contributed by atoms with Crippen LogP contribution in [-0.2, 0) is 0 Å². The molecule has 8 aromatic carbocycles. The van der Waals surface area contributed by atoms with Crippen LogP contribution in [0.4, 0.5) is 0 Å². The van der Waals surface area contributed by atoms with Gasteiger partial charge in [0, 0.05) is 27.6 Å². The van der Waals surface area contributed by atoms with Crippen molar-refractivity contribution in [3.05, 3.63) is 176 Å². The van der Waals surface area contributed by atoms with Gasteiger partial charge in [-0.15, -0.1) is 0 Å². The molecule has 0 spiro atoms. The normalized spacial score (nSPS) is 11.7. The highest BCUT2D eigenvalue weighted by Crippen LogP contribution is 2.47. The summed E-state index contributed by atoms with van der Waals surface area (Å²) in [6.45, 7) is 0. The van der Waals surface area contributed by atoms with E-state index >= 15 is 0 Å². The fourth-order valence-electron chi connectivity index (χ4n) is 7.09. The maximum Gasteiger partial charge on any atom is 0.164 e. The standard InChI is InChI=1S/C47H29N3O/c1-2-9-34(10-3-1)45-48-46(35-21-16-31(17-22-35)38-25-20-30-8-4-5-11-37(30)28-38)50-47(49-45)36-23-18-32(19-24-36)39-26-27-42-41(29-39)40-14-6-12-33-13-7-15-43(51-42)44(33)40/h1-29H. The Morgan fingerprint density at radius 3 is 1.49 bits per heavy atom. The number of benzene rings is 8. The first-order valence-corrected chi connectivity index (χ1v) is 17.1. The van der Waals surface area contributed by atoms with Crippen LogP contribution in [0.5, 0.6) is 11.5 Å². The van der Waals surface area contributed by atoms with Crippen molar-refractivity contribution in [2.24, 2.45) is 0 Å². The van der Waals surface area contributed by atoms with Crippen molar-refractivity contribution in [1.82, 2.24) is 15.0 Å². The Morgan fingerprint density at radius 2 is 0.804 bits per heavy atom. The third-order valence-corrected chi connectivity index (χ3v) is 9.73. The SMILES string of the molecule is c1ccc(-c2nc(-c3ccc(-c4ccc5c(c4)-c4cccc6cccc(c46)O5)cc3)nc(-c3ccc(-c4ccc5ccccc5c4)cc3)n2)cc1. The van der Waals surface area contributed by atoms with E-state index in [0.717, 1.165) is 55.8 Å². The number of nitrogens with zero attached hydrogens (tertiary/aromatic N) is 3. The number of hydrogen-bond acceptors (Lipinski definition) is 4. The topological polar surface area (TPSA) is 47.9 Å². The first-order chi connectivity index (χ1) is 25.2. The minimum Gasteiger partial charge on any atom is -0.456 e. The van der Waals surface area contributed by atoms with E-state index in [1.54, 1.807) is 0 Å². The Kier molecular flexibility index (Phi) is 6.78. The molecule has 2 heterocycles. The largest absolute Gasteiger partial charge is 0.456 e. The van der Waals surface area contributed by atoms with Crippen molar-refractivity contribution in [2.75, 3.05) is 0 Å². The average Bonchev–Trinajstić information content (AvgIpc) is 3.21. The van der Waals surface area contributed by atoms with Crippen LogP contribution in [0.3, 0.4) is 0 Å². The summed E-state index contributed by atoms with van der Waals surface area (Å²) >= 11 is 0. The number of fused-ring (bicyclic) bond motifs is 3. The summed E-state index contributed by atoms with van der Waals surface area (Å²) in [4.78, 5) is 14.9. The second kappa shape index (κ2) is 11.9. The van der Waals surface area contributed by atoms with E-state index in [9.17, 15) is 0 Å². The van der Waals surface area contributed by atoms with Crippen molar-refractivity contribution in [2.45, 2.75) is 0 Å². The highest BCUT2D eigenvalue weighted by Gasteiger charge is 2.20. The van der Waals surface area contributed by atoms with E-state index in [-0.39, 0.29) is 0 Å². The van der Waals surface area contributed by atoms with Gasteiger partial charge in [-0.25, -0.2) is 15.0 Å². The van der Waals surface area contributed by atoms with E-state index in [1.165, 1.54) is 27.3 Å². The van der Waals surface area contributed by atoms with Gasteiger partial charge < -0.3 is 4.74 Å². The Hall–Kier alpha value is -6.91. The van der Waals surface area contributed by atoms with Crippen molar-refractivity contribution in [1.29, 1.82) is 0 Å². The zero-order valence-corrected chi connectivity index (χ0v) is 27.5. The molecule has 4 nitrogen and oxygen atoms in total. The van der Waals surface area contributed by atoms with Gasteiger partial charge in [0.05, 0.1) is 0 Å². The van der Waals surface area contributed by atoms with E-state index < -0.39 is 0 Å². The van der Waals surface area contributed by atoms with Crippen LogP contribution in [-0.4, -0.2) is 15.0 Å². The highest BCUT2D eigenvalue weighted by atomic mass is 16.5. The van der Waals surface area contributed by atoms with Crippen molar-refractivity contribution >= 4 is 21.5 Å². The summed E-state index contributed by atoms with van der Waals surface area (Å²) in [7, 11) is 0. The number of ether oxygens (including phenoxy) is 1. The van der Waals surface area contributed by atoms with Gasteiger partial charge in [0.2, 0.25) is 0 Å². The molecule has 0 bridgehead atoms. The van der Waals surface area contributed by atoms with Crippen LogP contribution < -0.4 is 4.74 Å². The zero-order valence-electron chi connectivity index (χ0n) is 27.5. The lowest BCUT2D eigenvalue weighted by molar-refractivity contribution is 0.487. The molecule has 51 heavy (non-hydrogen) atoms. The third-order valence-electron chi connectivity index (χ3n) is 9.73. The lowest BCUT2D eigenvalue weighted by Crippen LogP contribution is -2.00. The van der Waals surface area contributed by atoms with Crippen molar-refractivity contribution < 1.29 is 4.74 Å².